The third kappa shape index (κ3) is 5.95. The van der Waals surface area contributed by atoms with Crippen LogP contribution in [0.3, 0.4) is 0 Å². The highest BCUT2D eigenvalue weighted by atomic mass is 19.4. The Morgan fingerprint density at radius 3 is 2.56 bits per heavy atom. The summed E-state index contributed by atoms with van der Waals surface area (Å²) in [6.07, 6.45) is -2.34. The van der Waals surface area contributed by atoms with Gasteiger partial charge < -0.3 is 10.2 Å². The fraction of sp³-hybridized carbons (Fsp3) is 0.579. The van der Waals surface area contributed by atoms with Crippen molar-refractivity contribution in [2.75, 3.05) is 20.6 Å². The number of benzene rings is 1. The number of halogens is 3. The quantitative estimate of drug-likeness (QED) is 0.819. The Hall–Kier alpha value is -2.09. The summed E-state index contributed by atoms with van der Waals surface area (Å²) in [6, 6.07) is 5.31. The Kier molecular flexibility index (Phi) is 6.86. The summed E-state index contributed by atoms with van der Waals surface area (Å²) in [4.78, 5) is 27.1. The molecular formula is C19H26F3N3O2. The second-order valence-electron chi connectivity index (χ2n) is 7.14. The van der Waals surface area contributed by atoms with Crippen molar-refractivity contribution in [3.63, 3.8) is 0 Å². The van der Waals surface area contributed by atoms with Crippen molar-refractivity contribution in [1.29, 1.82) is 0 Å². The molecule has 2 rings (SSSR count). The van der Waals surface area contributed by atoms with Crippen LogP contribution in [0.15, 0.2) is 24.3 Å². The Bertz CT molecular complexity index is 678. The number of hydrogen-bond acceptors (Lipinski definition) is 3. The molecular weight excluding hydrogens is 359 g/mol. The number of hydrogen-bond donors (Lipinski definition) is 1. The van der Waals surface area contributed by atoms with Crippen LogP contribution in [-0.2, 0) is 22.3 Å². The third-order valence-electron chi connectivity index (χ3n) is 5.08. The third-order valence-corrected chi connectivity index (χ3v) is 5.08. The lowest BCUT2D eigenvalue weighted by Gasteiger charge is -2.27. The standard InChI is InChI=1S/C19H26F3N3O2/c1-13(26)23-11-17-8-7-16(25(17)3)10-18(27)24(2)12-14-5-4-6-15(9-14)19(20,21)22/h4-6,9,16-17H,7-8,10-12H2,1-3H3,(H,23,26)/t16-,17+/m0/s1. The minimum absolute atomic E-state index is 0.0696. The molecule has 0 radical (unpaired) electrons. The van der Waals surface area contributed by atoms with Gasteiger partial charge in [-0.05, 0) is 37.6 Å². The van der Waals surface area contributed by atoms with Crippen LogP contribution < -0.4 is 5.32 Å². The predicted octanol–water partition coefficient (Wildman–Crippen LogP) is 2.65. The summed E-state index contributed by atoms with van der Waals surface area (Å²) in [5, 5.41) is 2.80. The molecule has 0 spiro atoms. The van der Waals surface area contributed by atoms with E-state index in [1.54, 1.807) is 13.1 Å². The predicted molar refractivity (Wildman–Crippen MR) is 95.8 cm³/mol. The molecule has 27 heavy (non-hydrogen) atoms. The van der Waals surface area contributed by atoms with E-state index in [1.807, 2.05) is 7.05 Å². The molecule has 2 atom stereocenters. The van der Waals surface area contributed by atoms with E-state index in [0.29, 0.717) is 18.5 Å². The van der Waals surface area contributed by atoms with E-state index < -0.39 is 11.7 Å². The second-order valence-corrected chi connectivity index (χ2v) is 7.14. The molecule has 1 N–H and O–H groups in total. The minimum Gasteiger partial charge on any atom is -0.355 e. The molecule has 1 aromatic carbocycles. The second kappa shape index (κ2) is 8.73. The fourth-order valence-corrected chi connectivity index (χ4v) is 3.41. The molecule has 150 valence electrons. The van der Waals surface area contributed by atoms with Crippen molar-refractivity contribution < 1.29 is 22.8 Å². The van der Waals surface area contributed by atoms with E-state index in [-0.39, 0.29) is 30.4 Å². The number of amides is 2. The molecule has 2 amide bonds. The van der Waals surface area contributed by atoms with Crippen LogP contribution in [0.5, 0.6) is 0 Å². The van der Waals surface area contributed by atoms with Crippen LogP contribution in [0.1, 0.15) is 37.3 Å². The first-order valence-corrected chi connectivity index (χ1v) is 8.94. The average molecular weight is 385 g/mol. The van der Waals surface area contributed by atoms with Gasteiger partial charge in [-0.2, -0.15) is 13.2 Å². The zero-order valence-electron chi connectivity index (χ0n) is 15.8. The van der Waals surface area contributed by atoms with Crippen LogP contribution in [0.25, 0.3) is 0 Å². The number of carbonyl (C=O) groups excluding carboxylic acids is 2. The molecule has 1 saturated heterocycles. The van der Waals surface area contributed by atoms with Gasteiger partial charge in [0, 0.05) is 45.6 Å². The van der Waals surface area contributed by atoms with Gasteiger partial charge in [-0.1, -0.05) is 12.1 Å². The zero-order chi connectivity index (χ0) is 20.2. The maximum absolute atomic E-state index is 12.8. The number of likely N-dealkylation sites (tertiary alicyclic amines) is 1. The Morgan fingerprint density at radius 1 is 1.26 bits per heavy atom. The monoisotopic (exact) mass is 385 g/mol. The van der Waals surface area contributed by atoms with Crippen molar-refractivity contribution >= 4 is 11.8 Å². The maximum Gasteiger partial charge on any atom is 0.416 e. The molecule has 0 bridgehead atoms. The van der Waals surface area contributed by atoms with Crippen molar-refractivity contribution in [2.45, 2.75) is 51.0 Å². The molecule has 1 heterocycles. The lowest BCUT2D eigenvalue weighted by atomic mass is 10.1. The van der Waals surface area contributed by atoms with Gasteiger partial charge in [-0.15, -0.1) is 0 Å². The van der Waals surface area contributed by atoms with E-state index in [0.717, 1.165) is 25.0 Å². The molecule has 0 aliphatic carbocycles. The molecule has 0 aromatic heterocycles. The number of nitrogens with zero attached hydrogens (tertiary/aromatic N) is 2. The van der Waals surface area contributed by atoms with Crippen LogP contribution in [0.2, 0.25) is 0 Å². The summed E-state index contributed by atoms with van der Waals surface area (Å²) in [7, 11) is 3.54. The van der Waals surface area contributed by atoms with Crippen molar-refractivity contribution in [2.24, 2.45) is 0 Å². The first kappa shape index (κ1) is 21.2. The van der Waals surface area contributed by atoms with Crippen LogP contribution in [-0.4, -0.2) is 54.3 Å². The van der Waals surface area contributed by atoms with Crippen molar-refractivity contribution in [3.05, 3.63) is 35.4 Å². The summed E-state index contributed by atoms with van der Waals surface area (Å²) < 4.78 is 38.4. The molecule has 1 aliphatic rings. The van der Waals surface area contributed by atoms with Gasteiger partial charge in [-0.3, -0.25) is 14.5 Å². The summed E-state index contributed by atoms with van der Waals surface area (Å²) in [5.41, 5.74) is -0.263. The average Bonchev–Trinajstić information content (AvgIpc) is 2.92. The molecule has 1 aliphatic heterocycles. The molecule has 8 heteroatoms. The van der Waals surface area contributed by atoms with Gasteiger partial charge in [0.05, 0.1) is 5.56 Å². The van der Waals surface area contributed by atoms with E-state index >= 15 is 0 Å². The lowest BCUT2D eigenvalue weighted by Crippen LogP contribution is -2.42. The van der Waals surface area contributed by atoms with E-state index in [9.17, 15) is 22.8 Å². The Morgan fingerprint density at radius 2 is 1.93 bits per heavy atom. The fourth-order valence-electron chi connectivity index (χ4n) is 3.41. The zero-order valence-corrected chi connectivity index (χ0v) is 15.8. The molecule has 1 aromatic rings. The molecule has 1 fully saturated rings. The normalized spacial score (nSPS) is 20.5. The summed E-state index contributed by atoms with van der Waals surface area (Å²) in [5.74, 6) is -0.187. The van der Waals surface area contributed by atoms with Gasteiger partial charge in [-0.25, -0.2) is 0 Å². The summed E-state index contributed by atoms with van der Waals surface area (Å²) >= 11 is 0. The SMILES string of the molecule is CC(=O)NC[C@H]1CC[C@@H](CC(=O)N(C)Cc2cccc(C(F)(F)F)c2)N1C. The van der Waals surface area contributed by atoms with Crippen molar-refractivity contribution in [3.8, 4) is 0 Å². The highest BCUT2D eigenvalue weighted by molar-refractivity contribution is 5.76. The van der Waals surface area contributed by atoms with Gasteiger partial charge in [0.2, 0.25) is 11.8 Å². The minimum atomic E-state index is -4.39. The molecule has 5 nitrogen and oxygen atoms in total. The van der Waals surface area contributed by atoms with Crippen LogP contribution in [0.4, 0.5) is 13.2 Å². The Labute approximate surface area is 157 Å². The number of rotatable bonds is 6. The smallest absolute Gasteiger partial charge is 0.355 e. The highest BCUT2D eigenvalue weighted by Gasteiger charge is 2.33. The molecule has 0 saturated carbocycles. The lowest BCUT2D eigenvalue weighted by molar-refractivity contribution is -0.137. The number of carbonyl (C=O) groups is 2. The van der Waals surface area contributed by atoms with Crippen molar-refractivity contribution in [1.82, 2.24) is 15.1 Å². The van der Waals surface area contributed by atoms with E-state index in [1.165, 1.54) is 17.9 Å². The first-order chi connectivity index (χ1) is 12.6. The van der Waals surface area contributed by atoms with Gasteiger partial charge in [0.15, 0.2) is 0 Å². The van der Waals surface area contributed by atoms with E-state index in [4.69, 9.17) is 0 Å². The van der Waals surface area contributed by atoms with Crippen LogP contribution in [0, 0.1) is 0 Å². The number of nitrogens with one attached hydrogen (secondary N) is 1. The first-order valence-electron chi connectivity index (χ1n) is 8.94. The summed E-state index contributed by atoms with van der Waals surface area (Å²) in [6.45, 7) is 2.16. The topological polar surface area (TPSA) is 52.7 Å². The van der Waals surface area contributed by atoms with Gasteiger partial charge in [0.25, 0.3) is 0 Å². The van der Waals surface area contributed by atoms with Gasteiger partial charge in [0.1, 0.15) is 0 Å². The largest absolute Gasteiger partial charge is 0.416 e. The van der Waals surface area contributed by atoms with Crippen LogP contribution >= 0.6 is 0 Å². The van der Waals surface area contributed by atoms with Gasteiger partial charge >= 0.3 is 6.18 Å². The highest BCUT2D eigenvalue weighted by Crippen LogP contribution is 2.30. The maximum atomic E-state index is 12.8. The van der Waals surface area contributed by atoms with E-state index in [2.05, 4.69) is 10.2 Å². The number of likely N-dealkylation sites (N-methyl/N-ethyl adjacent to an activating group) is 1. The Balaban J connectivity index is 1.90. The number of alkyl halides is 3. The molecule has 0 unspecified atom stereocenters.